The first kappa shape index (κ1) is 21.0. The highest BCUT2D eigenvalue weighted by Gasteiger charge is 2.27. The minimum Gasteiger partial charge on any atom is -0.496 e. The first-order valence-corrected chi connectivity index (χ1v) is 9.85. The van der Waals surface area contributed by atoms with Crippen molar-refractivity contribution in [3.63, 3.8) is 0 Å². The Morgan fingerprint density at radius 2 is 2.07 bits per heavy atom. The van der Waals surface area contributed by atoms with Crippen molar-refractivity contribution in [3.8, 4) is 5.75 Å². The Morgan fingerprint density at radius 1 is 1.31 bits per heavy atom. The number of rotatable bonds is 6. The molecule has 1 atom stereocenters. The van der Waals surface area contributed by atoms with Crippen molar-refractivity contribution in [2.75, 3.05) is 39.2 Å². The SMILES string of the molecule is COc1cc(C)ncc1CN[C@@H]1CCN(c2nc(C(=O)N(C)C)nc(C)c2C)C1. The smallest absolute Gasteiger partial charge is 0.291 e. The first-order valence-electron chi connectivity index (χ1n) is 9.85. The topological polar surface area (TPSA) is 83.5 Å². The summed E-state index contributed by atoms with van der Waals surface area (Å²) in [5.41, 5.74) is 3.84. The number of aryl methyl sites for hydroxylation is 2. The molecule has 1 aliphatic rings. The lowest BCUT2D eigenvalue weighted by molar-refractivity contribution is 0.0815. The van der Waals surface area contributed by atoms with Gasteiger partial charge in [0.25, 0.3) is 5.91 Å². The fraction of sp³-hybridized carbons (Fsp3) is 0.524. The fourth-order valence-electron chi connectivity index (χ4n) is 3.48. The lowest BCUT2D eigenvalue weighted by Gasteiger charge is -2.22. The monoisotopic (exact) mass is 398 g/mol. The second-order valence-corrected chi connectivity index (χ2v) is 7.73. The van der Waals surface area contributed by atoms with Gasteiger partial charge in [-0.3, -0.25) is 9.78 Å². The second kappa shape index (κ2) is 8.73. The van der Waals surface area contributed by atoms with E-state index >= 15 is 0 Å². The number of nitrogens with zero attached hydrogens (tertiary/aromatic N) is 5. The zero-order valence-electron chi connectivity index (χ0n) is 18.1. The summed E-state index contributed by atoms with van der Waals surface area (Å²) in [6.45, 7) is 8.30. The lowest BCUT2D eigenvalue weighted by atomic mass is 10.2. The van der Waals surface area contributed by atoms with Crippen LogP contribution in [0.15, 0.2) is 12.3 Å². The quantitative estimate of drug-likeness (QED) is 0.795. The number of carbonyl (C=O) groups is 1. The summed E-state index contributed by atoms with van der Waals surface area (Å²) in [5, 5.41) is 3.60. The first-order chi connectivity index (χ1) is 13.8. The largest absolute Gasteiger partial charge is 0.496 e. The zero-order valence-corrected chi connectivity index (χ0v) is 18.1. The van der Waals surface area contributed by atoms with Gasteiger partial charge in [0.05, 0.1) is 7.11 Å². The van der Waals surface area contributed by atoms with Crippen LogP contribution in [-0.2, 0) is 6.54 Å². The molecular formula is C21H30N6O2. The van der Waals surface area contributed by atoms with Crippen LogP contribution in [0.25, 0.3) is 0 Å². The van der Waals surface area contributed by atoms with Gasteiger partial charge >= 0.3 is 0 Å². The Hall–Kier alpha value is -2.74. The number of aromatic nitrogens is 3. The molecule has 156 valence electrons. The van der Waals surface area contributed by atoms with E-state index in [1.54, 1.807) is 21.2 Å². The number of nitrogens with one attached hydrogen (secondary N) is 1. The predicted molar refractivity (Wildman–Crippen MR) is 113 cm³/mol. The molecule has 1 N–H and O–H groups in total. The van der Waals surface area contributed by atoms with E-state index in [-0.39, 0.29) is 11.7 Å². The van der Waals surface area contributed by atoms with Gasteiger partial charge in [-0.25, -0.2) is 9.97 Å². The van der Waals surface area contributed by atoms with Crippen LogP contribution in [0.5, 0.6) is 5.75 Å². The molecule has 0 unspecified atom stereocenters. The van der Waals surface area contributed by atoms with Gasteiger partial charge in [0.15, 0.2) is 0 Å². The Kier molecular flexibility index (Phi) is 6.32. The summed E-state index contributed by atoms with van der Waals surface area (Å²) in [6.07, 6.45) is 2.87. The van der Waals surface area contributed by atoms with Crippen LogP contribution < -0.4 is 15.0 Å². The molecule has 0 radical (unpaired) electrons. The molecule has 8 nitrogen and oxygen atoms in total. The molecule has 0 saturated carbocycles. The highest BCUT2D eigenvalue weighted by Crippen LogP contribution is 2.25. The van der Waals surface area contributed by atoms with Gasteiger partial charge in [0, 0.05) is 74.5 Å². The van der Waals surface area contributed by atoms with Crippen molar-refractivity contribution in [3.05, 3.63) is 40.6 Å². The number of methoxy groups -OCH3 is 1. The van der Waals surface area contributed by atoms with E-state index in [9.17, 15) is 4.79 Å². The van der Waals surface area contributed by atoms with Gasteiger partial charge in [-0.05, 0) is 27.2 Å². The van der Waals surface area contributed by atoms with Crippen molar-refractivity contribution >= 4 is 11.7 Å². The van der Waals surface area contributed by atoms with Crippen LogP contribution in [0, 0.1) is 20.8 Å². The lowest BCUT2D eigenvalue weighted by Crippen LogP contribution is -2.33. The van der Waals surface area contributed by atoms with Crippen LogP contribution in [0.2, 0.25) is 0 Å². The normalized spacial score (nSPS) is 16.2. The molecule has 0 spiro atoms. The number of hydrogen-bond acceptors (Lipinski definition) is 7. The molecule has 1 saturated heterocycles. The summed E-state index contributed by atoms with van der Waals surface area (Å²) < 4.78 is 5.47. The van der Waals surface area contributed by atoms with Gasteiger partial charge in [0.1, 0.15) is 11.6 Å². The molecular weight excluding hydrogens is 368 g/mol. The van der Waals surface area contributed by atoms with Crippen LogP contribution in [0.4, 0.5) is 5.82 Å². The summed E-state index contributed by atoms with van der Waals surface area (Å²) in [5.74, 6) is 1.78. The Labute approximate surface area is 172 Å². The summed E-state index contributed by atoms with van der Waals surface area (Å²) in [7, 11) is 5.11. The molecule has 2 aromatic rings. The number of pyridine rings is 1. The summed E-state index contributed by atoms with van der Waals surface area (Å²) in [6, 6.07) is 2.28. The second-order valence-electron chi connectivity index (χ2n) is 7.73. The highest BCUT2D eigenvalue weighted by molar-refractivity contribution is 5.90. The zero-order chi connectivity index (χ0) is 21.1. The maximum absolute atomic E-state index is 12.3. The Bertz CT molecular complexity index is 899. The van der Waals surface area contributed by atoms with E-state index < -0.39 is 0 Å². The molecule has 29 heavy (non-hydrogen) atoms. The van der Waals surface area contributed by atoms with Crippen LogP contribution in [-0.4, -0.2) is 66.1 Å². The van der Waals surface area contributed by atoms with Gasteiger partial charge in [-0.1, -0.05) is 0 Å². The highest BCUT2D eigenvalue weighted by atomic mass is 16.5. The molecule has 1 amide bonds. The van der Waals surface area contributed by atoms with Crippen molar-refractivity contribution in [1.29, 1.82) is 0 Å². The molecule has 3 rings (SSSR count). The predicted octanol–water partition coefficient (Wildman–Crippen LogP) is 1.88. The molecule has 2 aromatic heterocycles. The average Bonchev–Trinajstić information content (AvgIpc) is 3.16. The molecule has 8 heteroatoms. The Balaban J connectivity index is 1.70. The molecule has 3 heterocycles. The minimum atomic E-state index is -0.179. The van der Waals surface area contributed by atoms with E-state index in [1.807, 2.05) is 33.0 Å². The van der Waals surface area contributed by atoms with Crippen LogP contribution >= 0.6 is 0 Å². The van der Waals surface area contributed by atoms with Crippen molar-refractivity contribution < 1.29 is 9.53 Å². The summed E-state index contributed by atoms with van der Waals surface area (Å²) in [4.78, 5) is 29.4. The summed E-state index contributed by atoms with van der Waals surface area (Å²) >= 11 is 0. The Morgan fingerprint density at radius 3 is 2.76 bits per heavy atom. The van der Waals surface area contributed by atoms with Crippen LogP contribution in [0.3, 0.4) is 0 Å². The van der Waals surface area contributed by atoms with Crippen LogP contribution in [0.1, 0.15) is 39.6 Å². The number of anilines is 1. The standard InChI is InChI=1S/C21H30N6O2/c1-13-9-18(29-6)16(10-22-13)11-23-17-7-8-27(12-17)20-14(2)15(3)24-19(25-20)21(28)26(4)5/h9-10,17,23H,7-8,11-12H2,1-6H3/t17-/m1/s1. The molecule has 1 aliphatic heterocycles. The van der Waals surface area contributed by atoms with Gasteiger partial charge in [0.2, 0.25) is 5.82 Å². The number of carbonyl (C=O) groups excluding carboxylic acids is 1. The van der Waals surface area contributed by atoms with Gasteiger partial charge in [-0.2, -0.15) is 0 Å². The van der Waals surface area contributed by atoms with E-state index in [0.717, 1.165) is 53.6 Å². The minimum absolute atomic E-state index is 0.179. The number of ether oxygens (including phenoxy) is 1. The fourth-order valence-corrected chi connectivity index (χ4v) is 3.48. The van der Waals surface area contributed by atoms with Crippen molar-refractivity contribution in [1.82, 2.24) is 25.2 Å². The van der Waals surface area contributed by atoms with Crippen molar-refractivity contribution in [2.45, 2.75) is 39.8 Å². The molecule has 1 fully saturated rings. The van der Waals surface area contributed by atoms with Crippen molar-refractivity contribution in [2.24, 2.45) is 0 Å². The third-order valence-electron chi connectivity index (χ3n) is 5.33. The van der Waals surface area contributed by atoms with Gasteiger partial charge < -0.3 is 19.9 Å². The van der Waals surface area contributed by atoms with E-state index in [0.29, 0.717) is 12.6 Å². The molecule has 0 aliphatic carbocycles. The maximum atomic E-state index is 12.3. The average molecular weight is 399 g/mol. The van der Waals surface area contributed by atoms with E-state index in [4.69, 9.17) is 4.74 Å². The number of hydrogen-bond donors (Lipinski definition) is 1. The molecule has 0 bridgehead atoms. The third kappa shape index (κ3) is 4.64. The van der Waals surface area contributed by atoms with E-state index in [1.165, 1.54) is 4.90 Å². The molecule has 0 aromatic carbocycles. The van der Waals surface area contributed by atoms with Gasteiger partial charge in [-0.15, -0.1) is 0 Å². The third-order valence-corrected chi connectivity index (χ3v) is 5.33. The number of amides is 1. The van der Waals surface area contributed by atoms with E-state index in [2.05, 4.69) is 25.2 Å². The maximum Gasteiger partial charge on any atom is 0.291 e.